The molecule has 0 bridgehead atoms. The van der Waals surface area contributed by atoms with Crippen LogP contribution in [0.25, 0.3) is 0 Å². The van der Waals surface area contributed by atoms with Crippen molar-refractivity contribution in [2.24, 2.45) is 17.3 Å². The molecule has 3 N–H and O–H groups in total. The summed E-state index contributed by atoms with van der Waals surface area (Å²) in [5.41, 5.74) is 3.54. The summed E-state index contributed by atoms with van der Waals surface area (Å²) in [6.07, 6.45) is -0.415. The van der Waals surface area contributed by atoms with Crippen LogP contribution in [0.3, 0.4) is 0 Å². The molecule has 0 spiro atoms. The third-order valence-corrected chi connectivity index (χ3v) is 7.84. The summed E-state index contributed by atoms with van der Waals surface area (Å²) in [6.45, 7) is 8.33. The average Bonchev–Trinajstić information content (AvgIpc) is 3.20. The number of amides is 2. The molecule has 0 radical (unpaired) electrons. The topological polar surface area (TPSA) is 121 Å². The van der Waals surface area contributed by atoms with E-state index in [9.17, 15) is 19.9 Å². The van der Waals surface area contributed by atoms with E-state index in [4.69, 9.17) is 14.2 Å². The third kappa shape index (κ3) is 10.1. The molecule has 2 amide bonds. The molecule has 2 unspecified atom stereocenters. The molecule has 1 aliphatic heterocycles. The monoisotopic (exact) mass is 585 g/mol. The molecule has 2 aromatic carbocycles. The van der Waals surface area contributed by atoms with Gasteiger partial charge in [-0.2, -0.15) is 5.48 Å². The molecular weight excluding hydrogens is 538 g/mol. The summed E-state index contributed by atoms with van der Waals surface area (Å²) in [5.74, 6) is -0.271. The summed E-state index contributed by atoms with van der Waals surface area (Å²) in [4.78, 5) is 29.0. The van der Waals surface area contributed by atoms with Crippen molar-refractivity contribution in [2.75, 3.05) is 39.6 Å². The largest absolute Gasteiger partial charge is 0.449 e. The molecule has 10 nitrogen and oxygen atoms in total. The number of hydrogen-bond donors (Lipinski definition) is 3. The lowest BCUT2D eigenvalue weighted by Gasteiger charge is -2.43. The number of nitrogens with one attached hydrogen (secondary N) is 1. The van der Waals surface area contributed by atoms with Gasteiger partial charge in [0.25, 0.3) is 0 Å². The number of carbonyl (C=O) groups excluding carboxylic acids is 2. The number of imide groups is 1. The Morgan fingerprint density at radius 1 is 1.05 bits per heavy atom. The summed E-state index contributed by atoms with van der Waals surface area (Å²) in [6, 6.07) is 19.5. The highest BCUT2D eigenvalue weighted by molar-refractivity contribution is 5.87. The first kappa shape index (κ1) is 33.5. The lowest BCUT2D eigenvalue weighted by atomic mass is 9.66. The minimum atomic E-state index is -1.30. The third-order valence-electron chi connectivity index (χ3n) is 7.84. The zero-order chi connectivity index (χ0) is 30.4. The second-order valence-electron chi connectivity index (χ2n) is 11.4. The van der Waals surface area contributed by atoms with Gasteiger partial charge in [-0.3, -0.25) is 4.90 Å². The fourth-order valence-corrected chi connectivity index (χ4v) is 5.83. The van der Waals surface area contributed by atoms with Gasteiger partial charge in [-0.25, -0.2) is 14.5 Å². The Bertz CT molecular complexity index is 1070. The second-order valence-corrected chi connectivity index (χ2v) is 11.4. The first-order valence-electron chi connectivity index (χ1n) is 14.8. The first-order valence-corrected chi connectivity index (χ1v) is 14.8. The van der Waals surface area contributed by atoms with E-state index in [1.807, 2.05) is 54.0 Å². The minimum absolute atomic E-state index is 0.00374. The maximum atomic E-state index is 13.0. The van der Waals surface area contributed by atoms with E-state index in [0.717, 1.165) is 36.4 Å². The van der Waals surface area contributed by atoms with Gasteiger partial charge in [0.1, 0.15) is 12.8 Å². The molecule has 3 rings (SSSR count). The standard InChI is InChI=1S/C32H47N3O7/c1-4-41-30(37)35(31(38)42-22-27-13-9-6-10-14-27)19-16-28(29(36)33-39)32(21-25(2)3)17-20-34(24-40-23-32)18-15-26-11-7-5-8-12-26/h5-14,25,28-29,33,36,39H,4,15-24H2,1-3H3/t28?,29?,32-/m0/s1. The van der Waals surface area contributed by atoms with E-state index in [1.54, 1.807) is 6.92 Å². The van der Waals surface area contributed by atoms with E-state index >= 15 is 0 Å². The highest BCUT2D eigenvalue weighted by atomic mass is 16.6. The van der Waals surface area contributed by atoms with Crippen molar-refractivity contribution in [3.63, 3.8) is 0 Å². The van der Waals surface area contributed by atoms with E-state index in [-0.39, 0.29) is 32.1 Å². The molecule has 0 saturated carbocycles. The van der Waals surface area contributed by atoms with Crippen LogP contribution in [0.5, 0.6) is 0 Å². The number of nitrogens with zero attached hydrogens (tertiary/aromatic N) is 2. The quantitative estimate of drug-likeness (QED) is 0.207. The highest BCUT2D eigenvalue weighted by Gasteiger charge is 2.45. The molecule has 1 aliphatic rings. The Hall–Kier alpha value is -3.02. The molecule has 10 heteroatoms. The van der Waals surface area contributed by atoms with E-state index in [1.165, 1.54) is 5.56 Å². The maximum absolute atomic E-state index is 13.0. The van der Waals surface area contributed by atoms with Gasteiger partial charge >= 0.3 is 12.2 Å². The molecule has 3 atom stereocenters. The number of hydroxylamine groups is 1. The van der Waals surface area contributed by atoms with Crippen LogP contribution in [0.4, 0.5) is 9.59 Å². The molecular formula is C32H47N3O7. The predicted octanol–water partition coefficient (Wildman–Crippen LogP) is 5.04. The van der Waals surface area contributed by atoms with Crippen molar-refractivity contribution in [1.82, 2.24) is 15.3 Å². The van der Waals surface area contributed by atoms with Gasteiger partial charge < -0.3 is 24.5 Å². The molecule has 42 heavy (non-hydrogen) atoms. The number of carbonyl (C=O) groups is 2. The molecule has 1 saturated heterocycles. The van der Waals surface area contributed by atoms with Gasteiger partial charge in [0.2, 0.25) is 0 Å². The fourth-order valence-electron chi connectivity index (χ4n) is 5.83. The Morgan fingerprint density at radius 3 is 2.31 bits per heavy atom. The molecule has 1 fully saturated rings. The predicted molar refractivity (Wildman–Crippen MR) is 158 cm³/mol. The zero-order valence-electron chi connectivity index (χ0n) is 25.1. The van der Waals surface area contributed by atoms with E-state index in [2.05, 4.69) is 30.9 Å². The van der Waals surface area contributed by atoms with Crippen LogP contribution < -0.4 is 5.48 Å². The van der Waals surface area contributed by atoms with Crippen molar-refractivity contribution in [3.05, 3.63) is 71.8 Å². The number of benzene rings is 2. The number of rotatable bonds is 14. The molecule has 0 aromatic heterocycles. The smallest absolute Gasteiger partial charge is 0.419 e. The fraction of sp³-hybridized carbons (Fsp3) is 0.562. The second kappa shape index (κ2) is 17.2. The van der Waals surface area contributed by atoms with Crippen molar-refractivity contribution in [3.8, 4) is 0 Å². The van der Waals surface area contributed by atoms with Gasteiger partial charge in [-0.1, -0.05) is 74.5 Å². The SMILES string of the molecule is CCOC(=O)N(CCC(C(O)NO)[C@]1(CC(C)C)CCN(CCc2ccccc2)COC1)C(=O)OCc1ccccc1. The lowest BCUT2D eigenvalue weighted by Crippen LogP contribution is -2.49. The highest BCUT2D eigenvalue weighted by Crippen LogP contribution is 2.43. The summed E-state index contributed by atoms with van der Waals surface area (Å²) >= 11 is 0. The minimum Gasteiger partial charge on any atom is -0.449 e. The summed E-state index contributed by atoms with van der Waals surface area (Å²) < 4.78 is 16.8. The number of aliphatic hydroxyl groups excluding tert-OH is 1. The van der Waals surface area contributed by atoms with Crippen LogP contribution in [0.2, 0.25) is 0 Å². The van der Waals surface area contributed by atoms with Crippen molar-refractivity contribution in [1.29, 1.82) is 0 Å². The Labute approximate surface area is 249 Å². The van der Waals surface area contributed by atoms with Crippen LogP contribution in [-0.4, -0.2) is 78.1 Å². The lowest BCUT2D eigenvalue weighted by molar-refractivity contribution is -0.107. The van der Waals surface area contributed by atoms with Crippen LogP contribution in [0.1, 0.15) is 51.2 Å². The molecule has 2 aromatic rings. The molecule has 232 valence electrons. The van der Waals surface area contributed by atoms with Gasteiger partial charge in [0.15, 0.2) is 0 Å². The van der Waals surface area contributed by atoms with Gasteiger partial charge in [0, 0.05) is 31.0 Å². The Kier molecular flexibility index (Phi) is 13.7. The van der Waals surface area contributed by atoms with Crippen LogP contribution in [0.15, 0.2) is 60.7 Å². The van der Waals surface area contributed by atoms with Crippen molar-refractivity contribution >= 4 is 12.2 Å². The van der Waals surface area contributed by atoms with Crippen LogP contribution >= 0.6 is 0 Å². The number of ether oxygens (including phenoxy) is 3. The summed E-state index contributed by atoms with van der Waals surface area (Å²) in [7, 11) is 0. The Balaban J connectivity index is 1.75. The number of aliphatic hydroxyl groups is 1. The maximum Gasteiger partial charge on any atom is 0.419 e. The van der Waals surface area contributed by atoms with E-state index in [0.29, 0.717) is 19.8 Å². The number of hydrogen-bond acceptors (Lipinski definition) is 9. The molecule has 0 aliphatic carbocycles. The van der Waals surface area contributed by atoms with Gasteiger partial charge in [0.05, 0.1) is 19.9 Å². The zero-order valence-corrected chi connectivity index (χ0v) is 25.1. The van der Waals surface area contributed by atoms with Gasteiger partial charge in [-0.15, -0.1) is 0 Å². The normalized spacial score (nSPS) is 19.1. The average molecular weight is 586 g/mol. The van der Waals surface area contributed by atoms with Crippen molar-refractivity contribution in [2.45, 2.75) is 59.3 Å². The first-order chi connectivity index (χ1) is 20.3. The Morgan fingerprint density at radius 2 is 1.69 bits per heavy atom. The molecule has 1 heterocycles. The van der Waals surface area contributed by atoms with Crippen LogP contribution in [-0.2, 0) is 27.2 Å². The summed E-state index contributed by atoms with van der Waals surface area (Å²) in [5, 5.41) is 20.9. The van der Waals surface area contributed by atoms with Crippen molar-refractivity contribution < 1.29 is 34.1 Å². The van der Waals surface area contributed by atoms with E-state index < -0.39 is 29.7 Å². The van der Waals surface area contributed by atoms with Crippen LogP contribution in [0, 0.1) is 17.3 Å². The van der Waals surface area contributed by atoms with Gasteiger partial charge in [-0.05, 0) is 49.7 Å².